The summed E-state index contributed by atoms with van der Waals surface area (Å²) in [6.07, 6.45) is -3.69. The van der Waals surface area contributed by atoms with E-state index >= 15 is 0 Å². The lowest BCUT2D eigenvalue weighted by atomic mass is 9.45. The molecule has 7 N–H and O–H groups in total. The second-order valence-electron chi connectivity index (χ2n) is 15.9. The maximum atomic E-state index is 12.5. The Bertz CT molecular complexity index is 1430. The first-order valence-corrected chi connectivity index (χ1v) is 17.9. The molecule has 17 atom stereocenters. The molecule has 274 valence electrons. The van der Waals surface area contributed by atoms with Crippen LogP contribution in [-0.4, -0.2) is 115 Å². The number of hydrogen-bond acceptors (Lipinski definition) is 13. The van der Waals surface area contributed by atoms with E-state index in [-0.39, 0.29) is 34.4 Å². The molecular formula is C36H52O13. The molecule has 1 aromatic rings. The molecule has 0 spiro atoms. The molecule has 6 aliphatic rings. The largest absolute Gasteiger partial charge is 0.431 e. The number of aliphatic hydroxyl groups excluding tert-OH is 6. The normalized spacial score (nSPS) is 51.3. The highest BCUT2D eigenvalue weighted by atomic mass is 16.7. The van der Waals surface area contributed by atoms with Gasteiger partial charge in [-0.15, -0.1) is 0 Å². The third-order valence-corrected chi connectivity index (χ3v) is 13.6. The average molecular weight is 693 g/mol. The van der Waals surface area contributed by atoms with Crippen LogP contribution in [0.1, 0.15) is 83.6 Å². The van der Waals surface area contributed by atoms with Crippen molar-refractivity contribution in [2.75, 3.05) is 6.61 Å². The van der Waals surface area contributed by atoms with Crippen molar-refractivity contribution in [2.24, 2.45) is 22.7 Å². The molecule has 4 aliphatic carbocycles. The molecule has 13 nitrogen and oxygen atoms in total. The summed E-state index contributed by atoms with van der Waals surface area (Å²) in [6.45, 7) is 5.53. The molecular weight excluding hydrogens is 640 g/mol. The Kier molecular flexibility index (Phi) is 9.48. The van der Waals surface area contributed by atoms with Crippen molar-refractivity contribution < 1.29 is 59.1 Å². The molecule has 7 rings (SSSR count). The van der Waals surface area contributed by atoms with Crippen molar-refractivity contribution in [1.82, 2.24) is 0 Å². The van der Waals surface area contributed by atoms with Crippen LogP contribution < -0.4 is 5.63 Å². The van der Waals surface area contributed by atoms with Crippen LogP contribution >= 0.6 is 0 Å². The lowest BCUT2D eigenvalue weighted by Crippen LogP contribution is -2.64. The first-order valence-electron chi connectivity index (χ1n) is 17.9. The van der Waals surface area contributed by atoms with Crippen LogP contribution in [0.5, 0.6) is 0 Å². The van der Waals surface area contributed by atoms with Crippen LogP contribution in [0.25, 0.3) is 0 Å². The summed E-state index contributed by atoms with van der Waals surface area (Å²) >= 11 is 0. The van der Waals surface area contributed by atoms with Gasteiger partial charge in [-0.2, -0.15) is 0 Å². The lowest BCUT2D eigenvalue weighted by Gasteiger charge is -2.62. The summed E-state index contributed by atoms with van der Waals surface area (Å²) in [5, 5.41) is 74.7. The summed E-state index contributed by atoms with van der Waals surface area (Å²) < 4.78 is 28.7. The van der Waals surface area contributed by atoms with Gasteiger partial charge in [0.1, 0.15) is 42.7 Å². The fourth-order valence-electron chi connectivity index (χ4n) is 10.7. The number of rotatable bonds is 6. The van der Waals surface area contributed by atoms with Crippen molar-refractivity contribution >= 4 is 0 Å². The molecule has 2 aliphatic heterocycles. The summed E-state index contributed by atoms with van der Waals surface area (Å²) in [6, 6.07) is 3.32. The van der Waals surface area contributed by atoms with Gasteiger partial charge in [0.15, 0.2) is 12.6 Å². The lowest BCUT2D eigenvalue weighted by molar-refractivity contribution is -0.357. The summed E-state index contributed by atoms with van der Waals surface area (Å²) in [5.41, 5.74) is 0.655. The molecule has 0 aromatic carbocycles. The first-order chi connectivity index (χ1) is 23.2. The Labute approximate surface area is 285 Å². The highest BCUT2D eigenvalue weighted by molar-refractivity contribution is 5.31. The molecule has 1 unspecified atom stereocenters. The van der Waals surface area contributed by atoms with E-state index in [1.165, 1.54) is 11.6 Å². The Morgan fingerprint density at radius 3 is 2.29 bits per heavy atom. The van der Waals surface area contributed by atoms with Crippen molar-refractivity contribution in [3.05, 3.63) is 46.0 Å². The van der Waals surface area contributed by atoms with E-state index in [4.69, 9.17) is 23.4 Å². The number of aliphatic hydroxyl groups is 7. The molecule has 13 heteroatoms. The SMILES string of the molecule is C[C@@H]1O[C@@H](O[C@@H]2C=C3CCC4[C@H](CC[C@]5(C)[C@@H](c6ccc(=O)oc6)CC[C@]45O)[C@@]3(C)CC2)[C@H](O)[C@H](O)[C@H]1O[C@@H]1O[C@H](CO)[C@@H](O)[C@H](O)[C@H]1O. The molecule has 0 radical (unpaired) electrons. The fourth-order valence-corrected chi connectivity index (χ4v) is 10.7. The van der Waals surface area contributed by atoms with Crippen molar-refractivity contribution in [3.63, 3.8) is 0 Å². The van der Waals surface area contributed by atoms with Crippen LogP contribution in [0.3, 0.4) is 0 Å². The van der Waals surface area contributed by atoms with Gasteiger partial charge in [-0.1, -0.05) is 25.5 Å². The van der Waals surface area contributed by atoms with Crippen LogP contribution in [-0.2, 0) is 18.9 Å². The van der Waals surface area contributed by atoms with E-state index in [0.717, 1.165) is 44.1 Å². The van der Waals surface area contributed by atoms with Crippen molar-refractivity contribution in [3.8, 4) is 0 Å². The minimum absolute atomic E-state index is 0.110. The molecule has 3 saturated carbocycles. The van der Waals surface area contributed by atoms with Crippen LogP contribution in [0.15, 0.2) is 39.3 Å². The predicted octanol–water partition coefficient (Wildman–Crippen LogP) is 0.838. The zero-order chi connectivity index (χ0) is 35.0. The average Bonchev–Trinajstić information content (AvgIpc) is 3.36. The topological polar surface area (TPSA) is 209 Å². The predicted molar refractivity (Wildman–Crippen MR) is 171 cm³/mol. The highest BCUT2D eigenvalue weighted by Gasteiger charge is 2.67. The monoisotopic (exact) mass is 692 g/mol. The van der Waals surface area contributed by atoms with Crippen LogP contribution in [0.2, 0.25) is 0 Å². The smallest absolute Gasteiger partial charge is 0.335 e. The van der Waals surface area contributed by atoms with Crippen LogP contribution in [0.4, 0.5) is 0 Å². The van der Waals surface area contributed by atoms with Gasteiger partial charge in [0.2, 0.25) is 0 Å². The Hall–Kier alpha value is -1.75. The molecule has 0 bridgehead atoms. The van der Waals surface area contributed by atoms with Gasteiger partial charge >= 0.3 is 5.63 Å². The Balaban J connectivity index is 1.01. The maximum Gasteiger partial charge on any atom is 0.335 e. The van der Waals surface area contributed by atoms with E-state index in [2.05, 4.69) is 19.9 Å². The number of ether oxygens (including phenoxy) is 4. The first kappa shape index (κ1) is 35.6. The second-order valence-corrected chi connectivity index (χ2v) is 15.9. The standard InChI is InChI=1S/C36H52O13/c1-17-31(49-33-29(42)27(40)26(39)24(15-37)48-33)28(41)30(43)32(46-17)47-20-8-11-34(2)19(14-20)5-6-23-22(34)9-12-35(3)21(10-13-36(23,35)44)18-4-7-25(38)45-16-18/h4,7,14,16-17,20-24,26-33,37,39-44H,5-6,8-13,15H2,1-3H3/t17-,20-,21+,22-,23?,24+,26+,27-,28-,29+,30+,31-,32-,33-,34-,35+,36-/m0/s1. The van der Waals surface area contributed by atoms with Crippen molar-refractivity contribution in [2.45, 2.75) is 151 Å². The maximum absolute atomic E-state index is 12.5. The van der Waals surface area contributed by atoms with E-state index < -0.39 is 73.6 Å². The summed E-state index contributed by atoms with van der Waals surface area (Å²) in [5.74, 6) is 0.572. The van der Waals surface area contributed by atoms with Gasteiger partial charge in [0.05, 0.1) is 30.7 Å². The summed E-state index contributed by atoms with van der Waals surface area (Å²) in [7, 11) is 0. The van der Waals surface area contributed by atoms with Crippen molar-refractivity contribution in [1.29, 1.82) is 0 Å². The van der Waals surface area contributed by atoms with E-state index in [9.17, 15) is 40.5 Å². The summed E-state index contributed by atoms with van der Waals surface area (Å²) in [4.78, 5) is 11.6. The Morgan fingerprint density at radius 1 is 0.837 bits per heavy atom. The van der Waals surface area contributed by atoms with Gasteiger partial charge in [-0.25, -0.2) is 4.79 Å². The van der Waals surface area contributed by atoms with Gasteiger partial charge in [0.25, 0.3) is 0 Å². The van der Waals surface area contributed by atoms with Gasteiger partial charge < -0.3 is 59.1 Å². The van der Waals surface area contributed by atoms with E-state index in [1.807, 2.05) is 6.07 Å². The van der Waals surface area contributed by atoms with Crippen LogP contribution in [0, 0.1) is 22.7 Å². The third kappa shape index (κ3) is 5.68. The van der Waals surface area contributed by atoms with E-state index in [0.29, 0.717) is 18.8 Å². The zero-order valence-electron chi connectivity index (χ0n) is 28.3. The number of hydrogen-bond donors (Lipinski definition) is 7. The molecule has 49 heavy (non-hydrogen) atoms. The van der Waals surface area contributed by atoms with Gasteiger partial charge in [-0.05, 0) is 93.1 Å². The number of fused-ring (bicyclic) bond motifs is 5. The number of allylic oxidation sites excluding steroid dienone is 1. The molecule has 1 aromatic heterocycles. The third-order valence-electron chi connectivity index (χ3n) is 13.6. The molecule has 2 saturated heterocycles. The fraction of sp³-hybridized carbons (Fsp3) is 0.806. The minimum Gasteiger partial charge on any atom is -0.431 e. The zero-order valence-corrected chi connectivity index (χ0v) is 28.3. The van der Waals surface area contributed by atoms with Gasteiger partial charge in [-0.3, -0.25) is 0 Å². The second kappa shape index (κ2) is 13.0. The molecule has 5 fully saturated rings. The van der Waals surface area contributed by atoms with Gasteiger partial charge in [0, 0.05) is 11.5 Å². The minimum atomic E-state index is -1.66. The molecule has 3 heterocycles. The highest BCUT2D eigenvalue weighted by Crippen LogP contribution is 2.70. The molecule has 0 amide bonds. The Morgan fingerprint density at radius 2 is 1.57 bits per heavy atom. The quantitative estimate of drug-likeness (QED) is 0.207. The van der Waals surface area contributed by atoms with E-state index in [1.54, 1.807) is 13.2 Å².